The van der Waals surface area contributed by atoms with Crippen LogP contribution in [0.2, 0.25) is 0 Å². The van der Waals surface area contributed by atoms with Crippen molar-refractivity contribution in [2.24, 2.45) is 0 Å². The predicted octanol–water partition coefficient (Wildman–Crippen LogP) is -2.14. The molecule has 2 saturated heterocycles. The normalized spacial score (nSPS) is 18.6. The molecular formula is C28H47N7O9S. The molecule has 2 heterocycles. The van der Waals surface area contributed by atoms with E-state index >= 15 is 0 Å². The van der Waals surface area contributed by atoms with Gasteiger partial charge in [-0.1, -0.05) is 0 Å². The van der Waals surface area contributed by atoms with Crippen LogP contribution in [0, 0.1) is 0 Å². The van der Waals surface area contributed by atoms with E-state index < -0.39 is 17.2 Å². The molecule has 17 heteroatoms. The van der Waals surface area contributed by atoms with Crippen LogP contribution < -0.4 is 16.0 Å². The van der Waals surface area contributed by atoms with Crippen molar-refractivity contribution in [1.82, 2.24) is 35.6 Å². The average molecular weight is 658 g/mol. The van der Waals surface area contributed by atoms with Gasteiger partial charge in [0.25, 0.3) is 0 Å². The number of carbonyl (C=O) groups excluding carboxylic acids is 5. The van der Waals surface area contributed by atoms with Crippen LogP contribution in [0.15, 0.2) is 0 Å². The van der Waals surface area contributed by atoms with E-state index in [0.717, 1.165) is 24.2 Å². The Labute approximate surface area is 267 Å². The zero-order valence-corrected chi connectivity index (χ0v) is 26.8. The molecule has 2 rings (SSSR count). The van der Waals surface area contributed by atoms with Crippen LogP contribution >= 0.6 is 11.8 Å². The maximum atomic E-state index is 12.8. The summed E-state index contributed by atoms with van der Waals surface area (Å²) in [5.74, 6) is -2.76. The molecule has 1 atom stereocenters. The van der Waals surface area contributed by atoms with Crippen LogP contribution in [0.5, 0.6) is 0 Å². The van der Waals surface area contributed by atoms with E-state index in [1.165, 1.54) is 18.7 Å². The number of amides is 5. The van der Waals surface area contributed by atoms with Crippen molar-refractivity contribution in [1.29, 1.82) is 0 Å². The Kier molecular flexibility index (Phi) is 17.4. The second-order valence-corrected chi connectivity index (χ2v) is 12.4. The van der Waals surface area contributed by atoms with Crippen molar-refractivity contribution in [3.63, 3.8) is 0 Å². The number of rotatable bonds is 19. The van der Waals surface area contributed by atoms with Crippen molar-refractivity contribution < 1.29 is 43.8 Å². The molecule has 0 radical (unpaired) electrons. The van der Waals surface area contributed by atoms with Crippen LogP contribution in [-0.4, -0.2) is 167 Å². The van der Waals surface area contributed by atoms with Crippen molar-refractivity contribution >= 4 is 53.2 Å². The molecule has 1 unspecified atom stereocenters. The second kappa shape index (κ2) is 20.7. The molecular weight excluding hydrogens is 610 g/mol. The van der Waals surface area contributed by atoms with Crippen LogP contribution in [-0.2, 0) is 33.6 Å². The third-order valence-electron chi connectivity index (χ3n) is 7.34. The Balaban J connectivity index is 1.69. The predicted molar refractivity (Wildman–Crippen MR) is 165 cm³/mol. The summed E-state index contributed by atoms with van der Waals surface area (Å²) in [5.41, 5.74) is 0. The van der Waals surface area contributed by atoms with Crippen molar-refractivity contribution in [3.05, 3.63) is 0 Å². The SMILES string of the molecule is CC(=O)NCCCCCNC(=O)CCSC1CC(=O)N(CCNC(=O)CN2CCN(CC(=O)O)CCN(CC(=O)O)CC2)C1=O. The number of likely N-dealkylation sites (tertiary alicyclic amines) is 1. The summed E-state index contributed by atoms with van der Waals surface area (Å²) >= 11 is 1.27. The Morgan fingerprint density at radius 1 is 0.733 bits per heavy atom. The van der Waals surface area contributed by atoms with Gasteiger partial charge in [-0.2, -0.15) is 0 Å². The van der Waals surface area contributed by atoms with Gasteiger partial charge in [0, 0.05) is 91.0 Å². The number of nitrogens with one attached hydrogen (secondary N) is 3. The zero-order valence-electron chi connectivity index (χ0n) is 26.0. The molecule has 0 aromatic rings. The summed E-state index contributed by atoms with van der Waals surface area (Å²) in [7, 11) is 0. The van der Waals surface area contributed by atoms with Crippen molar-refractivity contribution in [3.8, 4) is 0 Å². The summed E-state index contributed by atoms with van der Waals surface area (Å²) in [6.07, 6.45) is 2.79. The molecule has 2 fully saturated rings. The zero-order chi connectivity index (χ0) is 33.2. The van der Waals surface area contributed by atoms with Gasteiger partial charge in [0.2, 0.25) is 29.5 Å². The summed E-state index contributed by atoms with van der Waals surface area (Å²) < 4.78 is 0. The Hall–Kier alpha value is -3.28. The molecule has 2 aliphatic rings. The molecule has 2 aliphatic heterocycles. The van der Waals surface area contributed by atoms with Gasteiger partial charge in [-0.25, -0.2) is 0 Å². The summed E-state index contributed by atoms with van der Waals surface area (Å²) in [6.45, 7) is 4.78. The lowest BCUT2D eigenvalue weighted by atomic mass is 10.2. The summed E-state index contributed by atoms with van der Waals surface area (Å²) in [4.78, 5) is 89.7. The largest absolute Gasteiger partial charge is 0.480 e. The fraction of sp³-hybridized carbons (Fsp3) is 0.750. The molecule has 0 bridgehead atoms. The van der Waals surface area contributed by atoms with E-state index in [1.807, 2.05) is 4.90 Å². The van der Waals surface area contributed by atoms with Gasteiger partial charge < -0.3 is 26.2 Å². The first-order chi connectivity index (χ1) is 21.4. The van der Waals surface area contributed by atoms with E-state index in [4.69, 9.17) is 0 Å². The molecule has 5 N–H and O–H groups in total. The molecule has 0 spiro atoms. The number of unbranched alkanes of at least 4 members (excludes halogenated alkanes) is 2. The second-order valence-electron chi connectivity index (χ2n) is 11.1. The first-order valence-corrected chi connectivity index (χ1v) is 16.3. The number of nitrogens with zero attached hydrogens (tertiary/aromatic N) is 4. The maximum absolute atomic E-state index is 12.8. The highest BCUT2D eigenvalue weighted by Crippen LogP contribution is 2.25. The lowest BCUT2D eigenvalue weighted by Gasteiger charge is -2.24. The number of hydrogen-bond donors (Lipinski definition) is 5. The third-order valence-corrected chi connectivity index (χ3v) is 8.55. The third kappa shape index (κ3) is 16.0. The highest BCUT2D eigenvalue weighted by Gasteiger charge is 2.38. The maximum Gasteiger partial charge on any atom is 0.317 e. The van der Waals surface area contributed by atoms with Crippen LogP contribution in [0.4, 0.5) is 0 Å². The molecule has 254 valence electrons. The van der Waals surface area contributed by atoms with Gasteiger partial charge in [0.15, 0.2) is 0 Å². The van der Waals surface area contributed by atoms with Crippen molar-refractivity contribution in [2.45, 2.75) is 44.3 Å². The van der Waals surface area contributed by atoms with E-state index in [-0.39, 0.29) is 75.1 Å². The highest BCUT2D eigenvalue weighted by atomic mass is 32.2. The minimum atomic E-state index is -0.987. The van der Waals surface area contributed by atoms with Crippen LogP contribution in [0.3, 0.4) is 0 Å². The number of carboxylic acid groups (broad SMARTS) is 2. The minimum absolute atomic E-state index is 0.00132. The number of carboxylic acids is 2. The number of aliphatic carboxylic acids is 2. The highest BCUT2D eigenvalue weighted by molar-refractivity contribution is 8.00. The smallest absolute Gasteiger partial charge is 0.317 e. The molecule has 16 nitrogen and oxygen atoms in total. The molecule has 5 amide bonds. The number of imide groups is 1. The van der Waals surface area contributed by atoms with Gasteiger partial charge >= 0.3 is 11.9 Å². The average Bonchev–Trinajstić information content (AvgIpc) is 3.26. The summed E-state index contributed by atoms with van der Waals surface area (Å²) in [6, 6.07) is 0. The van der Waals surface area contributed by atoms with Crippen LogP contribution in [0.1, 0.15) is 39.0 Å². The topological polar surface area (TPSA) is 209 Å². The molecule has 45 heavy (non-hydrogen) atoms. The van der Waals surface area contributed by atoms with E-state index in [9.17, 15) is 43.8 Å². The number of hydrogen-bond acceptors (Lipinski definition) is 11. The quantitative estimate of drug-likeness (QED) is 0.0744. The van der Waals surface area contributed by atoms with E-state index in [1.54, 1.807) is 9.80 Å². The summed E-state index contributed by atoms with van der Waals surface area (Å²) in [5, 5.41) is 26.1. The first kappa shape index (κ1) is 37.9. The van der Waals surface area contributed by atoms with Gasteiger partial charge in [0.05, 0.1) is 24.9 Å². The standard InChI is InChI=1S/C28H47N7O9S/c1-21(36)29-6-3-2-4-7-30-23(37)5-16-45-22-17-25(39)35(28(22)44)9-8-31-24(38)18-32-10-12-33(19-26(40)41)14-15-34(13-11-32)20-27(42)43/h22H,2-20H2,1H3,(H,29,36)(H,30,37)(H,31,38)(H,40,41)(H,42,43). The Bertz CT molecular complexity index is 1020. The number of thioether (sulfide) groups is 1. The molecule has 0 aromatic carbocycles. The lowest BCUT2D eigenvalue weighted by molar-refractivity contribution is -0.140. The fourth-order valence-corrected chi connectivity index (χ4v) is 6.04. The van der Waals surface area contributed by atoms with Gasteiger partial charge in [-0.15, -0.1) is 11.8 Å². The Morgan fingerprint density at radius 3 is 1.78 bits per heavy atom. The Morgan fingerprint density at radius 2 is 1.24 bits per heavy atom. The van der Waals surface area contributed by atoms with Crippen molar-refractivity contribution in [2.75, 3.05) is 90.8 Å². The molecule has 0 saturated carbocycles. The van der Waals surface area contributed by atoms with Gasteiger partial charge in [-0.3, -0.25) is 53.2 Å². The molecule has 0 aliphatic carbocycles. The van der Waals surface area contributed by atoms with Gasteiger partial charge in [0.1, 0.15) is 0 Å². The first-order valence-electron chi connectivity index (χ1n) is 15.3. The number of carbonyl (C=O) groups is 7. The minimum Gasteiger partial charge on any atom is -0.480 e. The van der Waals surface area contributed by atoms with Crippen LogP contribution in [0.25, 0.3) is 0 Å². The fourth-order valence-electron chi connectivity index (χ4n) is 4.93. The monoisotopic (exact) mass is 657 g/mol. The van der Waals surface area contributed by atoms with E-state index in [2.05, 4.69) is 16.0 Å². The molecule has 0 aromatic heterocycles. The lowest BCUT2D eigenvalue weighted by Crippen LogP contribution is -2.45. The van der Waals surface area contributed by atoms with Gasteiger partial charge in [-0.05, 0) is 19.3 Å². The van der Waals surface area contributed by atoms with E-state index in [0.29, 0.717) is 58.1 Å².